The fourth-order valence-electron chi connectivity index (χ4n) is 2.61. The predicted molar refractivity (Wildman–Crippen MR) is 175 cm³/mol. The lowest BCUT2D eigenvalue weighted by molar-refractivity contribution is 0.213. The molecule has 0 aliphatic carbocycles. The minimum absolute atomic E-state index is 0.763. The number of hydrogen-bond donors (Lipinski definition) is 2. The molecular weight excluding hydrogens is 581 g/mol. The topological polar surface area (TPSA) is 43.4 Å². The third kappa shape index (κ3) is 20.1. The Morgan fingerprint density at radius 1 is 0.618 bits per heavy atom. The third-order valence-electron chi connectivity index (χ3n) is 4.11. The molecule has 0 aromatic carbocycles. The molecule has 0 aromatic heterocycles. The fourth-order valence-corrected chi connectivity index (χ4v) is 16.9. The molecule has 0 unspecified atom stereocenters. The van der Waals surface area contributed by atoms with Crippen molar-refractivity contribution in [3.05, 3.63) is 0 Å². The number of thiol groups is 2. The van der Waals surface area contributed by atoms with Crippen molar-refractivity contribution in [2.75, 3.05) is 66.1 Å². The molecule has 206 valence electrons. The van der Waals surface area contributed by atoms with Crippen LogP contribution in [0.15, 0.2) is 0 Å². The standard InChI is InChI=1S/C20H48N2O4S6Si2/c1-9-23-33(24-10-2)17-13-15-27-19(21(5)6)29-31-32-30-20(22(7)8)28-16-14-18-34(25-11-3)26-12-4/h27-28,33-34H,9-18H2,1-8H3. The van der Waals surface area contributed by atoms with Gasteiger partial charge < -0.3 is 17.7 Å². The summed E-state index contributed by atoms with van der Waals surface area (Å²) in [6.07, 6.45) is 2.33. The summed E-state index contributed by atoms with van der Waals surface area (Å²) in [5, 5.41) is 0. The van der Waals surface area contributed by atoms with E-state index in [0.29, 0.717) is 0 Å². The summed E-state index contributed by atoms with van der Waals surface area (Å²) in [4.78, 5) is 4.49. The summed E-state index contributed by atoms with van der Waals surface area (Å²) < 4.78 is 26.0. The molecular formula is C20H48N2O4S6Si2. The van der Waals surface area contributed by atoms with Crippen LogP contribution in [0.1, 0.15) is 40.5 Å². The van der Waals surface area contributed by atoms with Gasteiger partial charge in [0, 0.05) is 26.4 Å². The van der Waals surface area contributed by atoms with Crippen molar-refractivity contribution in [3.63, 3.8) is 0 Å². The van der Waals surface area contributed by atoms with Gasteiger partial charge in [0.1, 0.15) is 0 Å². The second-order valence-electron chi connectivity index (χ2n) is 7.39. The van der Waals surface area contributed by atoms with Crippen LogP contribution in [0.4, 0.5) is 0 Å². The Hall–Kier alpha value is 2.03. The van der Waals surface area contributed by atoms with E-state index in [1.165, 1.54) is 31.3 Å². The molecule has 0 N–H and O–H groups in total. The van der Waals surface area contributed by atoms with E-state index < -0.39 is 18.6 Å². The van der Waals surface area contributed by atoms with Crippen molar-refractivity contribution in [1.29, 1.82) is 0 Å². The van der Waals surface area contributed by atoms with Crippen molar-refractivity contribution in [2.45, 2.75) is 52.6 Å². The third-order valence-corrected chi connectivity index (χ3v) is 19.1. The van der Waals surface area contributed by atoms with Crippen LogP contribution in [0.2, 0.25) is 12.1 Å². The van der Waals surface area contributed by atoms with Gasteiger partial charge in [0.15, 0.2) is 0 Å². The van der Waals surface area contributed by atoms with Gasteiger partial charge in [0.2, 0.25) is 0 Å². The van der Waals surface area contributed by atoms with E-state index in [2.05, 4.69) is 65.7 Å². The second kappa shape index (κ2) is 25.3. The molecule has 34 heavy (non-hydrogen) atoms. The van der Waals surface area contributed by atoms with Crippen molar-refractivity contribution in [2.24, 2.45) is 0 Å². The lowest BCUT2D eigenvalue weighted by Crippen LogP contribution is -2.23. The first-order chi connectivity index (χ1) is 16.4. The van der Waals surface area contributed by atoms with Crippen LogP contribution >= 0.6 is 63.9 Å². The van der Waals surface area contributed by atoms with Crippen molar-refractivity contribution < 1.29 is 17.7 Å². The maximum absolute atomic E-state index is 5.79. The molecule has 0 saturated carbocycles. The monoisotopic (exact) mass is 628 g/mol. The molecule has 0 spiro atoms. The first-order valence-electron chi connectivity index (χ1n) is 12.0. The first kappa shape index (κ1) is 36.0. The fraction of sp³-hybridized carbons (Fsp3) is 0.900. The average Bonchev–Trinajstić information content (AvgIpc) is 2.79. The van der Waals surface area contributed by atoms with Gasteiger partial charge in [-0.3, -0.25) is 9.80 Å². The zero-order chi connectivity index (χ0) is 25.6. The van der Waals surface area contributed by atoms with E-state index in [1.54, 1.807) is 0 Å². The normalized spacial score (nSPS) is 13.8. The van der Waals surface area contributed by atoms with E-state index in [9.17, 15) is 0 Å². The Bertz CT molecular complexity index is 493. The zero-order valence-electron chi connectivity index (χ0n) is 22.3. The summed E-state index contributed by atoms with van der Waals surface area (Å²) in [6, 6.07) is 2.19. The molecule has 6 nitrogen and oxygen atoms in total. The first-order valence-corrected chi connectivity index (χ1v) is 22.5. The SMILES string of the molecule is CCO[SiH](CCC[SH]=C(SSSSC(=[SH]CCC[SiH](OCC)OCC)N(C)C)N(C)C)OCC. The van der Waals surface area contributed by atoms with Crippen molar-refractivity contribution in [1.82, 2.24) is 9.80 Å². The Balaban J connectivity index is 4.43. The van der Waals surface area contributed by atoms with Gasteiger partial charge in [0.05, 0.1) is 8.64 Å². The minimum Gasteiger partial charge on any atom is -0.397 e. The molecule has 0 radical (unpaired) electrons. The Morgan fingerprint density at radius 3 is 1.21 bits per heavy atom. The van der Waals surface area contributed by atoms with E-state index in [4.69, 9.17) is 17.7 Å². The maximum atomic E-state index is 5.79. The Morgan fingerprint density at radius 2 is 0.941 bits per heavy atom. The second-order valence-corrected chi connectivity index (χ2v) is 20.2. The van der Waals surface area contributed by atoms with E-state index >= 15 is 0 Å². The average molecular weight is 629 g/mol. The predicted octanol–water partition coefficient (Wildman–Crippen LogP) is 5.26. The van der Waals surface area contributed by atoms with Crippen LogP contribution in [-0.4, -0.2) is 103 Å². The maximum Gasteiger partial charge on any atom is 0.321 e. The van der Waals surface area contributed by atoms with Crippen molar-refractivity contribution >= 4 is 91.2 Å². The highest BCUT2D eigenvalue weighted by atomic mass is 33.7. The van der Waals surface area contributed by atoms with Gasteiger partial charge in [-0.05, 0) is 134 Å². The van der Waals surface area contributed by atoms with E-state index in [1.807, 2.05) is 41.2 Å². The van der Waals surface area contributed by atoms with Crippen molar-refractivity contribution in [3.8, 4) is 0 Å². The molecule has 0 aliphatic heterocycles. The van der Waals surface area contributed by atoms with Crippen LogP contribution in [0.5, 0.6) is 0 Å². The van der Waals surface area contributed by atoms with Gasteiger partial charge in [-0.25, -0.2) is 0 Å². The highest BCUT2D eigenvalue weighted by Gasteiger charge is 2.13. The van der Waals surface area contributed by atoms with Gasteiger partial charge in [0.25, 0.3) is 0 Å². The molecule has 0 atom stereocenters. The zero-order valence-corrected chi connectivity index (χ0v) is 29.6. The molecule has 0 aliphatic rings. The van der Waals surface area contributed by atoms with E-state index in [-0.39, 0.29) is 0 Å². The van der Waals surface area contributed by atoms with Crippen LogP contribution in [0.3, 0.4) is 0 Å². The minimum atomic E-state index is -1.46. The van der Waals surface area contributed by atoms with Gasteiger partial charge in [-0.15, -0.1) is 0 Å². The summed E-state index contributed by atoms with van der Waals surface area (Å²) in [5.74, 6) is 2.31. The highest BCUT2D eigenvalue weighted by molar-refractivity contribution is 9.29. The lowest BCUT2D eigenvalue weighted by atomic mass is 10.6. The molecule has 0 aromatic rings. The molecule has 0 amide bonds. The molecule has 0 bridgehead atoms. The van der Waals surface area contributed by atoms with Crippen LogP contribution in [-0.2, 0) is 17.7 Å². The van der Waals surface area contributed by atoms with Crippen LogP contribution in [0, 0.1) is 0 Å². The Labute approximate surface area is 235 Å². The number of nitrogens with zero attached hydrogens (tertiary/aromatic N) is 2. The highest BCUT2D eigenvalue weighted by Crippen LogP contribution is 2.45. The van der Waals surface area contributed by atoms with Crippen LogP contribution < -0.4 is 0 Å². The Kier molecular flexibility index (Phi) is 26.8. The summed E-state index contributed by atoms with van der Waals surface area (Å²) in [6.45, 7) is 11.3. The summed E-state index contributed by atoms with van der Waals surface area (Å²) in [5.41, 5.74) is 0. The molecule has 14 heteroatoms. The summed E-state index contributed by atoms with van der Waals surface area (Å²) >= 11 is 2.77. The molecule has 0 heterocycles. The van der Waals surface area contributed by atoms with E-state index in [0.717, 1.165) is 62.9 Å². The lowest BCUT2D eigenvalue weighted by Gasteiger charge is -2.17. The molecule has 0 rings (SSSR count). The number of rotatable bonds is 19. The summed E-state index contributed by atoms with van der Waals surface area (Å²) in [7, 11) is 13.1. The number of hydrogen-bond acceptors (Lipinski definition) is 8. The van der Waals surface area contributed by atoms with Gasteiger partial charge in [-0.2, -0.15) is 22.7 Å². The van der Waals surface area contributed by atoms with Gasteiger partial charge >= 0.3 is 18.6 Å². The quantitative estimate of drug-likeness (QED) is 0.0651. The van der Waals surface area contributed by atoms with Gasteiger partial charge in [-0.1, -0.05) is 0 Å². The smallest absolute Gasteiger partial charge is 0.321 e. The molecule has 0 saturated heterocycles. The molecule has 0 fully saturated rings. The largest absolute Gasteiger partial charge is 0.397 e. The van der Waals surface area contributed by atoms with Crippen LogP contribution in [0.25, 0.3) is 0 Å².